The lowest BCUT2D eigenvalue weighted by molar-refractivity contribution is 0.227. The predicted octanol–water partition coefficient (Wildman–Crippen LogP) is 2.87. The van der Waals surface area contributed by atoms with Gasteiger partial charge in [-0.15, -0.1) is 0 Å². The van der Waals surface area contributed by atoms with Gasteiger partial charge in [0.15, 0.2) is 0 Å². The van der Waals surface area contributed by atoms with Crippen molar-refractivity contribution >= 4 is 0 Å². The lowest BCUT2D eigenvalue weighted by Gasteiger charge is -2.33. The van der Waals surface area contributed by atoms with E-state index in [1.165, 1.54) is 19.3 Å². The Morgan fingerprint density at radius 3 is 3.00 bits per heavy atom. The minimum Gasteiger partial charge on any atom is -0.310 e. The number of pyridine rings is 1. The van der Waals surface area contributed by atoms with Gasteiger partial charge in [-0.05, 0) is 48.8 Å². The summed E-state index contributed by atoms with van der Waals surface area (Å²) in [6, 6.07) is 6.53. The van der Waals surface area contributed by atoms with Gasteiger partial charge < -0.3 is 5.32 Å². The van der Waals surface area contributed by atoms with E-state index in [4.69, 9.17) is 5.26 Å². The van der Waals surface area contributed by atoms with Crippen LogP contribution in [0.1, 0.15) is 44.4 Å². The number of nitrogens with zero attached hydrogens (tertiary/aromatic N) is 2. The maximum absolute atomic E-state index is 8.82. The molecular weight excluding hydrogens is 222 g/mol. The Morgan fingerprint density at radius 1 is 1.44 bits per heavy atom. The Labute approximate surface area is 109 Å². The van der Waals surface area contributed by atoms with Crippen LogP contribution >= 0.6 is 0 Å². The lowest BCUT2D eigenvalue weighted by Crippen LogP contribution is -2.38. The summed E-state index contributed by atoms with van der Waals surface area (Å²) in [5.74, 6) is 1.61. The Balaban J connectivity index is 1.89. The van der Waals surface area contributed by atoms with E-state index in [-0.39, 0.29) is 0 Å². The summed E-state index contributed by atoms with van der Waals surface area (Å²) in [7, 11) is 0. The van der Waals surface area contributed by atoms with E-state index in [0.717, 1.165) is 23.9 Å². The molecule has 1 aromatic heterocycles. The minimum atomic E-state index is 0.500. The molecule has 0 saturated heterocycles. The fourth-order valence-electron chi connectivity index (χ4n) is 2.86. The number of hydrogen-bond acceptors (Lipinski definition) is 3. The lowest BCUT2D eigenvalue weighted by atomic mass is 9.80. The van der Waals surface area contributed by atoms with Crippen molar-refractivity contribution < 1.29 is 0 Å². The van der Waals surface area contributed by atoms with Gasteiger partial charge in [0, 0.05) is 18.8 Å². The Bertz CT molecular complexity index is 436. The average Bonchev–Trinajstić information content (AvgIpc) is 2.38. The van der Waals surface area contributed by atoms with Crippen molar-refractivity contribution in [3.8, 4) is 6.07 Å². The van der Waals surface area contributed by atoms with Crippen molar-refractivity contribution in [2.24, 2.45) is 11.8 Å². The van der Waals surface area contributed by atoms with Crippen LogP contribution < -0.4 is 5.32 Å². The SMILES string of the molecule is CC1CCC(NCc2ccnc(C#N)c2)C(C)C1. The van der Waals surface area contributed by atoms with Crippen LogP contribution in [0.4, 0.5) is 0 Å². The highest BCUT2D eigenvalue weighted by Crippen LogP contribution is 2.28. The largest absolute Gasteiger partial charge is 0.310 e. The summed E-state index contributed by atoms with van der Waals surface area (Å²) >= 11 is 0. The highest BCUT2D eigenvalue weighted by Gasteiger charge is 2.24. The second-order valence-corrected chi connectivity index (χ2v) is 5.54. The van der Waals surface area contributed by atoms with Crippen LogP contribution in [-0.2, 0) is 6.54 Å². The highest BCUT2D eigenvalue weighted by molar-refractivity contribution is 5.25. The summed E-state index contributed by atoms with van der Waals surface area (Å²) in [5.41, 5.74) is 1.65. The number of nitriles is 1. The molecule has 0 amide bonds. The van der Waals surface area contributed by atoms with Crippen LogP contribution in [0.5, 0.6) is 0 Å². The number of nitrogens with one attached hydrogen (secondary N) is 1. The molecule has 0 aliphatic heterocycles. The molecule has 0 aromatic carbocycles. The van der Waals surface area contributed by atoms with Gasteiger partial charge in [0.2, 0.25) is 0 Å². The first-order valence-electron chi connectivity index (χ1n) is 6.77. The first kappa shape index (κ1) is 13.0. The standard InChI is InChI=1S/C15H21N3/c1-11-3-4-15(12(2)7-11)18-10-13-5-6-17-14(8-13)9-16/h5-6,8,11-12,15,18H,3-4,7,10H2,1-2H3. The quantitative estimate of drug-likeness (QED) is 0.888. The summed E-state index contributed by atoms with van der Waals surface area (Å²) in [6.45, 7) is 5.51. The molecule has 2 rings (SSSR count). The molecule has 18 heavy (non-hydrogen) atoms. The third-order valence-electron chi connectivity index (χ3n) is 3.94. The van der Waals surface area contributed by atoms with Gasteiger partial charge in [-0.25, -0.2) is 4.98 Å². The first-order valence-corrected chi connectivity index (χ1v) is 6.77. The maximum Gasteiger partial charge on any atom is 0.140 e. The zero-order valence-electron chi connectivity index (χ0n) is 11.2. The van der Waals surface area contributed by atoms with Crippen LogP contribution in [0.15, 0.2) is 18.3 Å². The third kappa shape index (κ3) is 3.30. The molecular formula is C15H21N3. The molecule has 1 aliphatic rings. The molecule has 1 aliphatic carbocycles. The molecule has 0 bridgehead atoms. The van der Waals surface area contributed by atoms with E-state index < -0.39 is 0 Å². The van der Waals surface area contributed by atoms with Crippen LogP contribution in [0.25, 0.3) is 0 Å². The molecule has 0 radical (unpaired) electrons. The molecule has 96 valence electrons. The van der Waals surface area contributed by atoms with Gasteiger partial charge in [-0.1, -0.05) is 13.8 Å². The Kier molecular flexibility index (Phi) is 4.33. The van der Waals surface area contributed by atoms with Gasteiger partial charge in [0.25, 0.3) is 0 Å². The summed E-state index contributed by atoms with van der Waals surface area (Å²) in [5, 5.41) is 12.4. The molecule has 3 heteroatoms. The van der Waals surface area contributed by atoms with E-state index >= 15 is 0 Å². The van der Waals surface area contributed by atoms with Crippen LogP contribution in [0.2, 0.25) is 0 Å². The van der Waals surface area contributed by atoms with E-state index in [9.17, 15) is 0 Å². The number of rotatable bonds is 3. The smallest absolute Gasteiger partial charge is 0.140 e. The number of hydrogen-bond donors (Lipinski definition) is 1. The third-order valence-corrected chi connectivity index (χ3v) is 3.94. The van der Waals surface area contributed by atoms with Crippen molar-refractivity contribution in [2.45, 2.75) is 45.7 Å². The van der Waals surface area contributed by atoms with Crippen LogP contribution in [0.3, 0.4) is 0 Å². The van der Waals surface area contributed by atoms with Gasteiger partial charge in [-0.3, -0.25) is 0 Å². The first-order chi connectivity index (χ1) is 8.69. The molecule has 1 N–H and O–H groups in total. The highest BCUT2D eigenvalue weighted by atomic mass is 14.9. The van der Waals surface area contributed by atoms with Crippen molar-refractivity contribution in [1.29, 1.82) is 5.26 Å². The van der Waals surface area contributed by atoms with Crippen molar-refractivity contribution in [3.05, 3.63) is 29.6 Å². The van der Waals surface area contributed by atoms with Gasteiger partial charge in [-0.2, -0.15) is 5.26 Å². The van der Waals surface area contributed by atoms with Gasteiger partial charge in [0.05, 0.1) is 0 Å². The minimum absolute atomic E-state index is 0.500. The van der Waals surface area contributed by atoms with Gasteiger partial charge >= 0.3 is 0 Å². The number of aromatic nitrogens is 1. The van der Waals surface area contributed by atoms with Crippen molar-refractivity contribution in [3.63, 3.8) is 0 Å². The summed E-state index contributed by atoms with van der Waals surface area (Å²) in [4.78, 5) is 3.99. The average molecular weight is 243 g/mol. The topological polar surface area (TPSA) is 48.7 Å². The molecule has 1 saturated carbocycles. The van der Waals surface area contributed by atoms with Gasteiger partial charge in [0.1, 0.15) is 11.8 Å². The second-order valence-electron chi connectivity index (χ2n) is 5.54. The molecule has 0 spiro atoms. The zero-order valence-corrected chi connectivity index (χ0v) is 11.2. The summed E-state index contributed by atoms with van der Waals surface area (Å²) < 4.78 is 0. The van der Waals surface area contributed by atoms with Crippen LogP contribution in [0, 0.1) is 23.2 Å². The maximum atomic E-state index is 8.82. The summed E-state index contributed by atoms with van der Waals surface area (Å²) in [6.07, 6.45) is 5.61. The normalized spacial score (nSPS) is 27.7. The van der Waals surface area contributed by atoms with E-state index in [1.54, 1.807) is 6.20 Å². The fraction of sp³-hybridized carbons (Fsp3) is 0.600. The predicted molar refractivity (Wildman–Crippen MR) is 71.8 cm³/mol. The van der Waals surface area contributed by atoms with E-state index in [2.05, 4.69) is 30.2 Å². The Hall–Kier alpha value is -1.40. The monoisotopic (exact) mass is 243 g/mol. The molecule has 1 fully saturated rings. The van der Waals surface area contributed by atoms with Crippen LogP contribution in [-0.4, -0.2) is 11.0 Å². The second kappa shape index (κ2) is 5.97. The van der Waals surface area contributed by atoms with Crippen molar-refractivity contribution in [1.82, 2.24) is 10.3 Å². The van der Waals surface area contributed by atoms with Crippen molar-refractivity contribution in [2.75, 3.05) is 0 Å². The fourth-order valence-corrected chi connectivity index (χ4v) is 2.86. The molecule has 3 nitrogen and oxygen atoms in total. The Morgan fingerprint density at radius 2 is 2.28 bits per heavy atom. The zero-order chi connectivity index (χ0) is 13.0. The van der Waals surface area contributed by atoms with E-state index in [1.807, 2.05) is 12.1 Å². The molecule has 1 aromatic rings. The van der Waals surface area contributed by atoms with E-state index in [0.29, 0.717) is 11.7 Å². The molecule has 1 heterocycles. The molecule has 3 unspecified atom stereocenters. The molecule has 3 atom stereocenters.